The molecule has 3 heterocycles. The first kappa shape index (κ1) is 18.4. The predicted octanol–water partition coefficient (Wildman–Crippen LogP) is 4.26. The fourth-order valence-electron chi connectivity index (χ4n) is 3.64. The molecule has 2 fully saturated rings. The fourth-order valence-corrected chi connectivity index (χ4v) is 5.36. The Balaban J connectivity index is 1.39. The van der Waals surface area contributed by atoms with Crippen molar-refractivity contribution in [2.45, 2.75) is 17.7 Å². The SMILES string of the molecule is O=C(Nc1ccc(Br)cc1)N1CCC2(CC1)SCCN2C(=O)c1ccco1. The molecule has 2 aliphatic rings. The Morgan fingerprint density at radius 1 is 1.11 bits per heavy atom. The molecular formula is C19H20BrN3O3S. The van der Waals surface area contributed by atoms with Gasteiger partial charge in [-0.25, -0.2) is 4.79 Å². The maximum absolute atomic E-state index is 12.8. The molecule has 0 bridgehead atoms. The van der Waals surface area contributed by atoms with Crippen LogP contribution >= 0.6 is 27.7 Å². The number of nitrogens with zero attached hydrogens (tertiary/aromatic N) is 2. The summed E-state index contributed by atoms with van der Waals surface area (Å²) in [6, 6.07) is 10.9. The van der Waals surface area contributed by atoms with Gasteiger partial charge in [0.1, 0.15) is 0 Å². The van der Waals surface area contributed by atoms with Crippen LogP contribution in [0, 0.1) is 0 Å². The lowest BCUT2D eigenvalue weighted by molar-refractivity contribution is 0.0554. The van der Waals surface area contributed by atoms with Gasteiger partial charge in [0.25, 0.3) is 5.91 Å². The van der Waals surface area contributed by atoms with E-state index >= 15 is 0 Å². The standard InChI is InChI=1S/C19H20BrN3O3S/c20-14-3-5-15(6-4-14)21-18(25)22-9-7-19(8-10-22)23(11-13-27-19)17(24)16-2-1-12-26-16/h1-6,12H,7-11,13H2,(H,21,25). The molecule has 6 nitrogen and oxygen atoms in total. The van der Waals surface area contributed by atoms with Crippen molar-refractivity contribution in [1.82, 2.24) is 9.80 Å². The minimum atomic E-state index is -0.238. The van der Waals surface area contributed by atoms with Crippen LogP contribution in [0.5, 0.6) is 0 Å². The number of rotatable bonds is 2. The van der Waals surface area contributed by atoms with Gasteiger partial charge in [-0.3, -0.25) is 4.79 Å². The summed E-state index contributed by atoms with van der Waals surface area (Å²) in [5.74, 6) is 1.24. The molecule has 1 aromatic heterocycles. The number of anilines is 1. The van der Waals surface area contributed by atoms with Crippen molar-refractivity contribution >= 4 is 45.3 Å². The zero-order valence-corrected chi connectivity index (χ0v) is 17.1. The Kier molecular flexibility index (Phi) is 5.19. The van der Waals surface area contributed by atoms with Crippen LogP contribution in [0.1, 0.15) is 23.4 Å². The minimum Gasteiger partial charge on any atom is -0.459 e. The Labute approximate surface area is 170 Å². The molecule has 4 rings (SSSR count). The number of likely N-dealkylation sites (tertiary alicyclic amines) is 1. The van der Waals surface area contributed by atoms with Gasteiger partial charge in [-0.2, -0.15) is 0 Å². The van der Waals surface area contributed by atoms with Crippen LogP contribution in [0.4, 0.5) is 10.5 Å². The summed E-state index contributed by atoms with van der Waals surface area (Å²) in [6.07, 6.45) is 3.05. The maximum atomic E-state index is 12.8. The van der Waals surface area contributed by atoms with E-state index in [-0.39, 0.29) is 16.8 Å². The number of amides is 3. The van der Waals surface area contributed by atoms with E-state index < -0.39 is 0 Å². The van der Waals surface area contributed by atoms with Gasteiger partial charge in [0.2, 0.25) is 0 Å². The predicted molar refractivity (Wildman–Crippen MR) is 109 cm³/mol. The van der Waals surface area contributed by atoms with E-state index in [2.05, 4.69) is 21.2 Å². The number of hydrogen-bond donors (Lipinski definition) is 1. The van der Waals surface area contributed by atoms with Gasteiger partial charge < -0.3 is 19.5 Å². The van der Waals surface area contributed by atoms with E-state index in [1.807, 2.05) is 45.8 Å². The highest BCUT2D eigenvalue weighted by atomic mass is 79.9. The normalized spacial score (nSPS) is 18.7. The Bertz CT molecular complexity index is 817. The van der Waals surface area contributed by atoms with Crippen molar-refractivity contribution in [3.05, 3.63) is 52.9 Å². The third kappa shape index (κ3) is 3.73. The number of carbonyl (C=O) groups is 2. The van der Waals surface area contributed by atoms with Crippen molar-refractivity contribution in [2.75, 3.05) is 30.7 Å². The smallest absolute Gasteiger partial charge is 0.321 e. The zero-order chi connectivity index (χ0) is 18.9. The lowest BCUT2D eigenvalue weighted by Crippen LogP contribution is -2.54. The molecular weight excluding hydrogens is 430 g/mol. The second-order valence-corrected chi connectivity index (χ2v) is 9.03. The molecule has 0 unspecified atom stereocenters. The number of furan rings is 1. The summed E-state index contributed by atoms with van der Waals surface area (Å²) >= 11 is 5.21. The topological polar surface area (TPSA) is 65.8 Å². The molecule has 3 amide bonds. The van der Waals surface area contributed by atoms with Crippen molar-refractivity contribution in [3.63, 3.8) is 0 Å². The number of nitrogens with one attached hydrogen (secondary N) is 1. The third-order valence-corrected chi connectivity index (χ3v) is 7.16. The molecule has 0 saturated carbocycles. The van der Waals surface area contributed by atoms with Crippen molar-refractivity contribution in [3.8, 4) is 0 Å². The van der Waals surface area contributed by atoms with Crippen molar-refractivity contribution in [2.24, 2.45) is 0 Å². The van der Waals surface area contributed by atoms with Gasteiger partial charge in [-0.15, -0.1) is 11.8 Å². The van der Waals surface area contributed by atoms with Crippen LogP contribution in [-0.2, 0) is 0 Å². The summed E-state index contributed by atoms with van der Waals surface area (Å²) in [5.41, 5.74) is 0.772. The van der Waals surface area contributed by atoms with Gasteiger partial charge in [-0.05, 0) is 49.2 Å². The summed E-state index contributed by atoms with van der Waals surface area (Å²) < 4.78 is 6.27. The number of halogens is 1. The van der Waals surface area contributed by atoms with Gasteiger partial charge in [0.05, 0.1) is 11.1 Å². The van der Waals surface area contributed by atoms with Crippen molar-refractivity contribution < 1.29 is 14.0 Å². The van der Waals surface area contributed by atoms with Crippen LogP contribution in [0.3, 0.4) is 0 Å². The van der Waals surface area contributed by atoms with E-state index in [1.165, 1.54) is 6.26 Å². The number of urea groups is 1. The maximum Gasteiger partial charge on any atom is 0.321 e. The van der Waals surface area contributed by atoms with Crippen LogP contribution < -0.4 is 5.32 Å². The summed E-state index contributed by atoms with van der Waals surface area (Å²) in [5, 5.41) is 2.94. The number of carbonyl (C=O) groups excluding carboxylic acids is 2. The third-order valence-electron chi connectivity index (χ3n) is 5.08. The molecule has 2 aromatic rings. The van der Waals surface area contributed by atoms with E-state index in [9.17, 15) is 9.59 Å². The molecule has 2 saturated heterocycles. The number of benzene rings is 1. The molecule has 2 aliphatic heterocycles. The molecule has 1 spiro atoms. The van der Waals surface area contributed by atoms with Gasteiger partial charge in [0.15, 0.2) is 5.76 Å². The molecule has 27 heavy (non-hydrogen) atoms. The first-order chi connectivity index (χ1) is 13.1. The molecule has 8 heteroatoms. The fraction of sp³-hybridized carbons (Fsp3) is 0.368. The summed E-state index contributed by atoms with van der Waals surface area (Å²) in [4.78, 5) is 28.9. The first-order valence-electron chi connectivity index (χ1n) is 8.88. The van der Waals surface area contributed by atoms with E-state index in [4.69, 9.17) is 4.42 Å². The molecule has 142 valence electrons. The highest BCUT2D eigenvalue weighted by molar-refractivity contribution is 9.10. The summed E-state index contributed by atoms with van der Waals surface area (Å²) in [6.45, 7) is 1.96. The second kappa shape index (κ2) is 7.59. The Morgan fingerprint density at radius 3 is 2.52 bits per heavy atom. The van der Waals surface area contributed by atoms with Gasteiger partial charge >= 0.3 is 6.03 Å². The van der Waals surface area contributed by atoms with Gasteiger partial charge in [0, 0.05) is 35.5 Å². The first-order valence-corrected chi connectivity index (χ1v) is 10.7. The molecule has 0 aliphatic carbocycles. The van der Waals surface area contributed by atoms with Crippen LogP contribution in [0.25, 0.3) is 0 Å². The van der Waals surface area contributed by atoms with E-state index in [0.717, 1.165) is 35.3 Å². The number of thioether (sulfide) groups is 1. The zero-order valence-electron chi connectivity index (χ0n) is 14.7. The lowest BCUT2D eigenvalue weighted by atomic mass is 10.0. The minimum absolute atomic E-state index is 0.0576. The van der Waals surface area contributed by atoms with Crippen LogP contribution in [-0.4, -0.2) is 52.0 Å². The summed E-state index contributed by atoms with van der Waals surface area (Å²) in [7, 11) is 0. The largest absolute Gasteiger partial charge is 0.459 e. The number of hydrogen-bond acceptors (Lipinski definition) is 4. The van der Waals surface area contributed by atoms with E-state index in [0.29, 0.717) is 18.8 Å². The van der Waals surface area contributed by atoms with Crippen LogP contribution in [0.15, 0.2) is 51.6 Å². The number of piperidine rings is 1. The molecule has 0 radical (unpaired) electrons. The Morgan fingerprint density at radius 2 is 1.85 bits per heavy atom. The van der Waals surface area contributed by atoms with Crippen LogP contribution in [0.2, 0.25) is 0 Å². The second-order valence-electron chi connectivity index (χ2n) is 6.65. The average Bonchev–Trinajstić information content (AvgIpc) is 3.34. The van der Waals surface area contributed by atoms with E-state index in [1.54, 1.807) is 12.1 Å². The molecule has 1 aromatic carbocycles. The lowest BCUT2D eigenvalue weighted by Gasteiger charge is -2.43. The monoisotopic (exact) mass is 449 g/mol. The quantitative estimate of drug-likeness (QED) is 0.743. The average molecular weight is 450 g/mol. The Hall–Kier alpha value is -1.93. The highest BCUT2D eigenvalue weighted by Gasteiger charge is 2.47. The highest BCUT2D eigenvalue weighted by Crippen LogP contribution is 2.44. The van der Waals surface area contributed by atoms with Crippen molar-refractivity contribution in [1.29, 1.82) is 0 Å². The molecule has 0 atom stereocenters. The molecule has 1 N–H and O–H groups in total. The van der Waals surface area contributed by atoms with Gasteiger partial charge in [-0.1, -0.05) is 15.9 Å².